The van der Waals surface area contributed by atoms with Gasteiger partial charge in [0.25, 0.3) is 0 Å². The predicted molar refractivity (Wildman–Crippen MR) is 115 cm³/mol. The normalized spacial score (nSPS) is 19.6. The highest BCUT2D eigenvalue weighted by Gasteiger charge is 2.41. The van der Waals surface area contributed by atoms with Crippen LogP contribution in [0, 0.1) is 5.82 Å². The number of ether oxygens (including phenoxy) is 2. The molecule has 0 radical (unpaired) electrons. The summed E-state index contributed by atoms with van der Waals surface area (Å²) in [5.74, 6) is 1.10. The minimum absolute atomic E-state index is 0.0418. The minimum Gasteiger partial charge on any atom is -0.492 e. The van der Waals surface area contributed by atoms with Crippen LogP contribution in [-0.4, -0.2) is 17.3 Å². The zero-order valence-electron chi connectivity index (χ0n) is 16.4. The monoisotopic (exact) mass is 422 g/mol. The zero-order valence-corrected chi connectivity index (χ0v) is 17.1. The van der Waals surface area contributed by atoms with Gasteiger partial charge in [-0.3, -0.25) is 0 Å². The van der Waals surface area contributed by atoms with Gasteiger partial charge < -0.3 is 9.47 Å². The van der Waals surface area contributed by atoms with Gasteiger partial charge in [-0.25, -0.2) is 9.40 Å². The van der Waals surface area contributed by atoms with Gasteiger partial charge >= 0.3 is 0 Å². The molecule has 0 unspecified atom stereocenters. The van der Waals surface area contributed by atoms with Crippen molar-refractivity contribution in [2.75, 3.05) is 6.61 Å². The molecule has 2 atom stereocenters. The lowest BCUT2D eigenvalue weighted by molar-refractivity contribution is -0.0212. The van der Waals surface area contributed by atoms with Gasteiger partial charge in [-0.15, -0.1) is 0 Å². The maximum atomic E-state index is 14.6. The fourth-order valence-electron chi connectivity index (χ4n) is 4.04. The second-order valence-electron chi connectivity index (χ2n) is 7.25. The first-order valence-corrected chi connectivity index (χ1v) is 10.3. The highest BCUT2D eigenvalue weighted by Crippen LogP contribution is 2.47. The first-order chi connectivity index (χ1) is 14.7. The van der Waals surface area contributed by atoms with Crippen LogP contribution in [0.3, 0.4) is 0 Å². The van der Waals surface area contributed by atoms with Crippen LogP contribution in [0.4, 0.5) is 4.39 Å². The van der Waals surface area contributed by atoms with Gasteiger partial charge in [0.05, 0.1) is 28.9 Å². The summed E-state index contributed by atoms with van der Waals surface area (Å²) >= 11 is 6.40. The smallest absolute Gasteiger partial charge is 0.216 e. The van der Waals surface area contributed by atoms with Gasteiger partial charge in [0.2, 0.25) is 6.23 Å². The lowest BCUT2D eigenvalue weighted by atomic mass is 9.96. The third-order valence-corrected chi connectivity index (χ3v) is 5.73. The third-order valence-electron chi connectivity index (χ3n) is 5.44. The molecule has 0 N–H and O–H groups in total. The summed E-state index contributed by atoms with van der Waals surface area (Å²) in [6.45, 7) is 2.47. The topological polar surface area (TPSA) is 34.1 Å². The number of nitrogens with zero attached hydrogens (tertiary/aromatic N) is 2. The van der Waals surface area contributed by atoms with E-state index in [1.54, 1.807) is 12.1 Å². The molecule has 0 aliphatic carbocycles. The van der Waals surface area contributed by atoms with E-state index in [-0.39, 0.29) is 11.9 Å². The van der Waals surface area contributed by atoms with Crippen molar-refractivity contribution in [1.29, 1.82) is 0 Å². The lowest BCUT2D eigenvalue weighted by Crippen LogP contribution is -2.34. The Kier molecular flexibility index (Phi) is 4.83. The lowest BCUT2D eigenvalue weighted by Gasteiger charge is -2.38. The van der Waals surface area contributed by atoms with E-state index < -0.39 is 6.23 Å². The molecule has 6 heteroatoms. The Morgan fingerprint density at radius 2 is 1.87 bits per heavy atom. The van der Waals surface area contributed by atoms with Crippen molar-refractivity contribution in [3.8, 4) is 11.5 Å². The number of para-hydroxylation sites is 1. The quantitative estimate of drug-likeness (QED) is 0.508. The molecule has 5 rings (SSSR count). The van der Waals surface area contributed by atoms with E-state index in [9.17, 15) is 4.39 Å². The molecule has 2 heterocycles. The molecule has 3 aromatic rings. The molecule has 2 aliphatic rings. The van der Waals surface area contributed by atoms with Gasteiger partial charge in [0.1, 0.15) is 17.3 Å². The predicted octanol–water partition coefficient (Wildman–Crippen LogP) is 6.12. The molecule has 30 heavy (non-hydrogen) atoms. The van der Waals surface area contributed by atoms with Gasteiger partial charge in [-0.05, 0) is 42.8 Å². The second-order valence-corrected chi connectivity index (χ2v) is 7.66. The molecule has 152 valence electrons. The van der Waals surface area contributed by atoms with Gasteiger partial charge in [-0.2, -0.15) is 5.10 Å². The molecule has 0 fully saturated rings. The maximum Gasteiger partial charge on any atom is 0.216 e. The van der Waals surface area contributed by atoms with Crippen LogP contribution in [0.1, 0.15) is 42.3 Å². The van der Waals surface area contributed by atoms with Crippen LogP contribution in [-0.2, 0) is 0 Å². The van der Waals surface area contributed by atoms with E-state index in [4.69, 9.17) is 26.2 Å². The largest absolute Gasteiger partial charge is 0.492 e. The zero-order chi connectivity index (χ0) is 20.7. The van der Waals surface area contributed by atoms with E-state index in [1.807, 2.05) is 60.5 Å². The van der Waals surface area contributed by atoms with Crippen molar-refractivity contribution < 1.29 is 13.9 Å². The summed E-state index contributed by atoms with van der Waals surface area (Å²) in [5.41, 5.74) is 3.31. The molecule has 0 saturated heterocycles. The first kappa shape index (κ1) is 18.9. The molecule has 2 aliphatic heterocycles. The Morgan fingerprint density at radius 3 is 2.63 bits per heavy atom. The van der Waals surface area contributed by atoms with Crippen LogP contribution < -0.4 is 9.47 Å². The molecule has 4 nitrogen and oxygen atoms in total. The summed E-state index contributed by atoms with van der Waals surface area (Å²) in [7, 11) is 0. The molecular weight excluding hydrogens is 403 g/mol. The van der Waals surface area contributed by atoms with Gasteiger partial charge in [-0.1, -0.05) is 48.0 Å². The van der Waals surface area contributed by atoms with Crippen LogP contribution in [0.25, 0.3) is 0 Å². The summed E-state index contributed by atoms with van der Waals surface area (Å²) in [5, 5.41) is 7.26. The Bertz CT molecular complexity index is 1130. The summed E-state index contributed by atoms with van der Waals surface area (Å²) in [6, 6.07) is 20.2. The Labute approximate surface area is 179 Å². The summed E-state index contributed by atoms with van der Waals surface area (Å²) in [6.07, 6.45) is 0.0390. The number of hydrogen-bond acceptors (Lipinski definition) is 4. The van der Waals surface area contributed by atoms with E-state index in [1.165, 1.54) is 6.07 Å². The van der Waals surface area contributed by atoms with Crippen molar-refractivity contribution in [2.24, 2.45) is 5.10 Å². The van der Waals surface area contributed by atoms with Crippen LogP contribution in [0.2, 0.25) is 5.02 Å². The highest BCUT2D eigenvalue weighted by atomic mass is 35.5. The van der Waals surface area contributed by atoms with Gasteiger partial charge in [0, 0.05) is 12.0 Å². The average molecular weight is 423 g/mol. The van der Waals surface area contributed by atoms with E-state index >= 15 is 0 Å². The van der Waals surface area contributed by atoms with E-state index in [0.29, 0.717) is 29.4 Å². The van der Waals surface area contributed by atoms with Crippen molar-refractivity contribution in [1.82, 2.24) is 5.01 Å². The van der Waals surface area contributed by atoms with Crippen LogP contribution in [0.5, 0.6) is 11.5 Å². The van der Waals surface area contributed by atoms with E-state index in [0.717, 1.165) is 22.6 Å². The Balaban J connectivity index is 1.56. The Morgan fingerprint density at radius 1 is 1.10 bits per heavy atom. The van der Waals surface area contributed by atoms with Gasteiger partial charge in [0.15, 0.2) is 0 Å². The number of benzene rings is 3. The fraction of sp³-hybridized carbons (Fsp3) is 0.208. The number of hydrogen-bond donors (Lipinski definition) is 0. The number of rotatable bonds is 4. The molecule has 0 amide bonds. The highest BCUT2D eigenvalue weighted by molar-refractivity contribution is 6.32. The summed E-state index contributed by atoms with van der Waals surface area (Å²) < 4.78 is 26.4. The number of hydrazone groups is 1. The van der Waals surface area contributed by atoms with Crippen molar-refractivity contribution >= 4 is 17.3 Å². The Hall–Kier alpha value is -3.05. The van der Waals surface area contributed by atoms with Crippen molar-refractivity contribution in [3.63, 3.8) is 0 Å². The standard InChI is InChI=1S/C24H20ClFN2O2/c1-2-29-23-12-11-15(13-18(23)25)20-14-21-17-8-4-6-10-22(17)30-24(28(21)27-20)16-7-3-5-9-19(16)26/h3-13,21,24H,2,14H2,1H3/t21-,24-/m0/s1. The molecular formula is C24H20ClFN2O2. The maximum absolute atomic E-state index is 14.6. The van der Waals surface area contributed by atoms with Crippen LogP contribution in [0.15, 0.2) is 71.8 Å². The third kappa shape index (κ3) is 3.19. The molecule has 0 bridgehead atoms. The van der Waals surface area contributed by atoms with E-state index in [2.05, 4.69) is 0 Å². The fourth-order valence-corrected chi connectivity index (χ4v) is 4.28. The molecule has 0 saturated carbocycles. The average Bonchev–Trinajstić information content (AvgIpc) is 3.21. The first-order valence-electron chi connectivity index (χ1n) is 9.94. The SMILES string of the molecule is CCOc1ccc(C2=NN3[C@@H](C2)c2ccccc2O[C@H]3c2ccccc2F)cc1Cl. The second kappa shape index (κ2) is 7.65. The summed E-state index contributed by atoms with van der Waals surface area (Å²) in [4.78, 5) is 0. The van der Waals surface area contributed by atoms with Crippen molar-refractivity contribution in [2.45, 2.75) is 25.6 Å². The minimum atomic E-state index is -0.637. The van der Waals surface area contributed by atoms with Crippen molar-refractivity contribution in [3.05, 3.63) is 94.3 Å². The number of fused-ring (bicyclic) bond motifs is 3. The van der Waals surface area contributed by atoms with Crippen LogP contribution >= 0.6 is 11.6 Å². The molecule has 0 spiro atoms. The molecule has 0 aromatic heterocycles. The molecule has 3 aromatic carbocycles. The number of halogens is 2.